The maximum Gasteiger partial charge on any atom is 0.341 e. The van der Waals surface area contributed by atoms with Gasteiger partial charge in [-0.2, -0.15) is 0 Å². The van der Waals surface area contributed by atoms with Gasteiger partial charge in [0.1, 0.15) is 16.4 Å². The van der Waals surface area contributed by atoms with Crippen LogP contribution in [0.5, 0.6) is 0 Å². The summed E-state index contributed by atoms with van der Waals surface area (Å²) in [6, 6.07) is 0.724. The smallest absolute Gasteiger partial charge is 0.341 e. The number of nitrogens with two attached hydrogens (primary N) is 1. The summed E-state index contributed by atoms with van der Waals surface area (Å²) in [6.07, 6.45) is -0.646. The topological polar surface area (TPSA) is 81.9 Å². The molecule has 6 nitrogen and oxygen atoms in total. The molecule has 1 aliphatic heterocycles. The SMILES string of the molecule is CCOC(=O)c1cc(F)c(N2CCC(C(=O)OC(C)(C)C)C2N)c(Cl)c1F. The summed E-state index contributed by atoms with van der Waals surface area (Å²) in [5, 5.41) is -0.585. The van der Waals surface area contributed by atoms with Crippen molar-refractivity contribution in [2.24, 2.45) is 11.7 Å². The molecule has 0 aliphatic carbocycles. The van der Waals surface area contributed by atoms with Crippen LogP contribution in [0.4, 0.5) is 14.5 Å². The first-order valence-electron chi connectivity index (χ1n) is 8.57. The summed E-state index contributed by atoms with van der Waals surface area (Å²) in [7, 11) is 0. The number of esters is 2. The van der Waals surface area contributed by atoms with Gasteiger partial charge in [-0.3, -0.25) is 4.79 Å². The van der Waals surface area contributed by atoms with E-state index in [9.17, 15) is 18.4 Å². The van der Waals surface area contributed by atoms with E-state index in [1.165, 1.54) is 4.90 Å². The molecule has 0 radical (unpaired) electrons. The minimum absolute atomic E-state index is 0.00777. The van der Waals surface area contributed by atoms with Crippen molar-refractivity contribution in [3.8, 4) is 0 Å². The molecular formula is C18H23ClF2N2O4. The van der Waals surface area contributed by atoms with Crippen molar-refractivity contribution in [2.75, 3.05) is 18.1 Å². The lowest BCUT2D eigenvalue weighted by Crippen LogP contribution is -2.45. The highest BCUT2D eigenvalue weighted by Gasteiger charge is 2.41. The Morgan fingerprint density at radius 2 is 2.00 bits per heavy atom. The molecule has 1 aromatic rings. The van der Waals surface area contributed by atoms with Crippen LogP contribution in [0.2, 0.25) is 5.02 Å². The Bertz CT molecular complexity index is 752. The van der Waals surface area contributed by atoms with Crippen molar-refractivity contribution in [1.82, 2.24) is 0 Å². The number of rotatable bonds is 4. The van der Waals surface area contributed by atoms with E-state index in [-0.39, 0.29) is 18.8 Å². The number of anilines is 1. The Balaban J connectivity index is 2.33. The fraction of sp³-hybridized carbons (Fsp3) is 0.556. The second-order valence-corrected chi connectivity index (χ2v) is 7.59. The highest BCUT2D eigenvalue weighted by molar-refractivity contribution is 6.33. The van der Waals surface area contributed by atoms with E-state index >= 15 is 0 Å². The van der Waals surface area contributed by atoms with Crippen molar-refractivity contribution in [3.63, 3.8) is 0 Å². The largest absolute Gasteiger partial charge is 0.462 e. The molecule has 0 bridgehead atoms. The number of ether oxygens (including phenoxy) is 2. The highest BCUT2D eigenvalue weighted by Crippen LogP contribution is 2.38. The van der Waals surface area contributed by atoms with Gasteiger partial charge in [-0.15, -0.1) is 0 Å². The van der Waals surface area contributed by atoms with Crippen LogP contribution in [0.15, 0.2) is 6.07 Å². The molecule has 1 aromatic carbocycles. The molecule has 0 saturated carbocycles. The van der Waals surface area contributed by atoms with E-state index in [0.717, 1.165) is 6.07 Å². The van der Waals surface area contributed by atoms with E-state index in [1.807, 2.05) is 0 Å². The van der Waals surface area contributed by atoms with Gasteiger partial charge in [0.15, 0.2) is 5.82 Å². The molecule has 9 heteroatoms. The summed E-state index contributed by atoms with van der Waals surface area (Å²) in [5.74, 6) is -4.27. The summed E-state index contributed by atoms with van der Waals surface area (Å²) >= 11 is 5.99. The third kappa shape index (κ3) is 4.50. The summed E-state index contributed by atoms with van der Waals surface area (Å²) < 4.78 is 39.2. The minimum atomic E-state index is -1.10. The van der Waals surface area contributed by atoms with Gasteiger partial charge < -0.3 is 20.1 Å². The van der Waals surface area contributed by atoms with E-state index in [1.54, 1.807) is 27.7 Å². The monoisotopic (exact) mass is 404 g/mol. The maximum absolute atomic E-state index is 14.6. The van der Waals surface area contributed by atoms with Gasteiger partial charge >= 0.3 is 11.9 Å². The molecule has 0 amide bonds. The molecule has 150 valence electrons. The molecular weight excluding hydrogens is 382 g/mol. The zero-order valence-corrected chi connectivity index (χ0v) is 16.4. The molecule has 0 spiro atoms. The predicted molar refractivity (Wildman–Crippen MR) is 96.6 cm³/mol. The Morgan fingerprint density at radius 3 is 2.56 bits per heavy atom. The van der Waals surface area contributed by atoms with Gasteiger partial charge in [0.2, 0.25) is 0 Å². The number of hydrogen-bond donors (Lipinski definition) is 1. The Labute approximate surface area is 161 Å². The van der Waals surface area contributed by atoms with Gasteiger partial charge in [0, 0.05) is 6.54 Å². The normalized spacial score (nSPS) is 19.9. The van der Waals surface area contributed by atoms with Crippen LogP contribution in [-0.4, -0.2) is 36.9 Å². The van der Waals surface area contributed by atoms with Crippen molar-refractivity contribution >= 4 is 29.2 Å². The number of benzene rings is 1. The van der Waals surface area contributed by atoms with Gasteiger partial charge in [-0.1, -0.05) is 11.6 Å². The van der Waals surface area contributed by atoms with E-state index in [4.69, 9.17) is 26.8 Å². The van der Waals surface area contributed by atoms with Gasteiger partial charge in [0.25, 0.3) is 0 Å². The van der Waals surface area contributed by atoms with Crippen LogP contribution in [0.25, 0.3) is 0 Å². The van der Waals surface area contributed by atoms with Crippen LogP contribution in [0.1, 0.15) is 44.5 Å². The lowest BCUT2D eigenvalue weighted by molar-refractivity contribution is -0.160. The lowest BCUT2D eigenvalue weighted by Gasteiger charge is -2.29. The van der Waals surface area contributed by atoms with Gasteiger partial charge in [-0.05, 0) is 40.2 Å². The van der Waals surface area contributed by atoms with Crippen LogP contribution in [0, 0.1) is 17.6 Å². The van der Waals surface area contributed by atoms with Gasteiger partial charge in [-0.25, -0.2) is 13.6 Å². The van der Waals surface area contributed by atoms with Crippen LogP contribution in [0.3, 0.4) is 0 Å². The minimum Gasteiger partial charge on any atom is -0.462 e. The summed E-state index contributed by atoms with van der Waals surface area (Å²) in [4.78, 5) is 25.4. The third-order valence-electron chi connectivity index (χ3n) is 4.08. The molecule has 0 aromatic heterocycles. The van der Waals surface area contributed by atoms with E-state index in [2.05, 4.69) is 0 Å². The second-order valence-electron chi connectivity index (χ2n) is 7.22. The molecule has 2 N–H and O–H groups in total. The van der Waals surface area contributed by atoms with Crippen LogP contribution < -0.4 is 10.6 Å². The molecule has 27 heavy (non-hydrogen) atoms. The van der Waals surface area contributed by atoms with Gasteiger partial charge in [0.05, 0.1) is 29.9 Å². The Morgan fingerprint density at radius 1 is 1.37 bits per heavy atom. The molecule has 1 fully saturated rings. The van der Waals surface area contributed by atoms with Crippen molar-refractivity contribution in [1.29, 1.82) is 0 Å². The molecule has 1 heterocycles. The average Bonchev–Trinajstić information content (AvgIpc) is 2.91. The summed E-state index contributed by atoms with van der Waals surface area (Å²) in [6.45, 7) is 6.91. The predicted octanol–water partition coefficient (Wildman–Crippen LogP) is 3.25. The number of carbonyl (C=O) groups excluding carboxylic acids is 2. The van der Waals surface area contributed by atoms with Crippen molar-refractivity contribution in [3.05, 3.63) is 28.3 Å². The molecule has 2 rings (SSSR count). The standard InChI is InChI=1S/C18H23ClF2N2O4/c1-5-26-16(24)10-8-11(20)14(12(19)13(10)21)23-7-6-9(15(23)22)17(25)27-18(2,3)4/h8-9,15H,5-7,22H2,1-4H3. The highest BCUT2D eigenvalue weighted by atomic mass is 35.5. The zero-order valence-electron chi connectivity index (χ0n) is 15.6. The summed E-state index contributed by atoms with van der Waals surface area (Å²) in [5.41, 5.74) is 4.51. The van der Waals surface area contributed by atoms with Crippen LogP contribution in [-0.2, 0) is 14.3 Å². The number of carbonyl (C=O) groups is 2. The van der Waals surface area contributed by atoms with E-state index in [0.29, 0.717) is 6.42 Å². The average molecular weight is 405 g/mol. The second kappa shape index (κ2) is 7.98. The zero-order chi connectivity index (χ0) is 20.5. The number of hydrogen-bond acceptors (Lipinski definition) is 6. The first-order valence-corrected chi connectivity index (χ1v) is 8.95. The molecule has 1 aliphatic rings. The first kappa shape index (κ1) is 21.4. The molecule has 1 saturated heterocycles. The Hall–Kier alpha value is -1.93. The number of halogens is 3. The lowest BCUT2D eigenvalue weighted by atomic mass is 10.1. The molecule has 2 unspecified atom stereocenters. The van der Waals surface area contributed by atoms with Crippen molar-refractivity contribution < 1.29 is 27.8 Å². The third-order valence-corrected chi connectivity index (χ3v) is 4.42. The quantitative estimate of drug-likeness (QED) is 0.612. The Kier molecular flexibility index (Phi) is 6.32. The number of nitrogens with zero attached hydrogens (tertiary/aromatic N) is 1. The molecule has 2 atom stereocenters. The fourth-order valence-electron chi connectivity index (χ4n) is 2.92. The van der Waals surface area contributed by atoms with Crippen LogP contribution >= 0.6 is 11.6 Å². The van der Waals surface area contributed by atoms with E-state index < -0.39 is 51.8 Å². The van der Waals surface area contributed by atoms with Crippen molar-refractivity contribution in [2.45, 2.75) is 45.9 Å². The first-order chi connectivity index (χ1) is 12.5. The fourth-order valence-corrected chi connectivity index (χ4v) is 3.22. The maximum atomic E-state index is 14.6.